The summed E-state index contributed by atoms with van der Waals surface area (Å²) in [6, 6.07) is 10.1. The molecule has 1 heteroatoms. The molecule has 0 saturated carbocycles. The molecule has 0 saturated heterocycles. The van der Waals surface area contributed by atoms with Crippen molar-refractivity contribution in [2.75, 3.05) is 6.61 Å². The SMILES string of the molecule is [CH2]C(=C)COCc1ccccc1. The molecule has 0 aliphatic carbocycles. The summed E-state index contributed by atoms with van der Waals surface area (Å²) in [4.78, 5) is 0. The summed E-state index contributed by atoms with van der Waals surface area (Å²) >= 11 is 0. The maximum Gasteiger partial charge on any atom is 0.0721 e. The van der Waals surface area contributed by atoms with Gasteiger partial charge in [0.15, 0.2) is 0 Å². The highest BCUT2D eigenvalue weighted by Crippen LogP contribution is 2.01. The highest BCUT2D eigenvalue weighted by molar-refractivity contribution is 5.13. The van der Waals surface area contributed by atoms with Crippen LogP contribution in [0.15, 0.2) is 42.5 Å². The Morgan fingerprint density at radius 3 is 2.50 bits per heavy atom. The van der Waals surface area contributed by atoms with Crippen molar-refractivity contribution >= 4 is 0 Å². The fourth-order valence-electron chi connectivity index (χ4n) is 0.887. The zero-order valence-electron chi connectivity index (χ0n) is 7.12. The highest BCUT2D eigenvalue weighted by Gasteiger charge is 1.90. The molecule has 12 heavy (non-hydrogen) atoms. The Morgan fingerprint density at radius 1 is 1.25 bits per heavy atom. The largest absolute Gasteiger partial charge is 0.372 e. The lowest BCUT2D eigenvalue weighted by molar-refractivity contribution is 0.144. The van der Waals surface area contributed by atoms with Crippen molar-refractivity contribution in [3.8, 4) is 0 Å². The average Bonchev–Trinajstić information content (AvgIpc) is 2.05. The molecule has 63 valence electrons. The van der Waals surface area contributed by atoms with E-state index in [1.54, 1.807) is 0 Å². The molecule has 0 aliphatic heterocycles. The average molecular weight is 161 g/mol. The molecule has 0 spiro atoms. The van der Waals surface area contributed by atoms with Crippen LogP contribution in [0.1, 0.15) is 5.56 Å². The fourth-order valence-corrected chi connectivity index (χ4v) is 0.887. The van der Waals surface area contributed by atoms with E-state index in [1.807, 2.05) is 30.3 Å². The van der Waals surface area contributed by atoms with Gasteiger partial charge in [0.1, 0.15) is 0 Å². The van der Waals surface area contributed by atoms with Gasteiger partial charge in [-0.25, -0.2) is 0 Å². The molecule has 0 atom stereocenters. The molecule has 0 amide bonds. The molecule has 1 radical (unpaired) electrons. The van der Waals surface area contributed by atoms with Crippen LogP contribution in [-0.4, -0.2) is 6.61 Å². The van der Waals surface area contributed by atoms with Crippen LogP contribution >= 0.6 is 0 Å². The van der Waals surface area contributed by atoms with Crippen molar-refractivity contribution < 1.29 is 4.74 Å². The van der Waals surface area contributed by atoms with E-state index in [4.69, 9.17) is 4.74 Å². The van der Waals surface area contributed by atoms with Crippen LogP contribution in [0.3, 0.4) is 0 Å². The predicted molar refractivity (Wildman–Crippen MR) is 50.6 cm³/mol. The van der Waals surface area contributed by atoms with Crippen molar-refractivity contribution in [3.05, 3.63) is 55.0 Å². The topological polar surface area (TPSA) is 9.23 Å². The van der Waals surface area contributed by atoms with Gasteiger partial charge in [0, 0.05) is 0 Å². The van der Waals surface area contributed by atoms with Crippen molar-refractivity contribution in [1.82, 2.24) is 0 Å². The van der Waals surface area contributed by atoms with E-state index >= 15 is 0 Å². The van der Waals surface area contributed by atoms with E-state index in [1.165, 1.54) is 5.56 Å². The van der Waals surface area contributed by atoms with E-state index in [-0.39, 0.29) is 0 Å². The Balaban J connectivity index is 2.29. The molecular formula is C11H13O. The van der Waals surface area contributed by atoms with E-state index in [0.717, 1.165) is 5.57 Å². The molecule has 0 bridgehead atoms. The minimum atomic E-state index is 0.537. The Kier molecular flexibility index (Phi) is 3.55. The van der Waals surface area contributed by atoms with Crippen molar-refractivity contribution in [2.45, 2.75) is 6.61 Å². The summed E-state index contributed by atoms with van der Waals surface area (Å²) in [5, 5.41) is 0. The molecule has 0 unspecified atom stereocenters. The number of benzene rings is 1. The molecule has 0 N–H and O–H groups in total. The zero-order chi connectivity index (χ0) is 8.81. The molecule has 0 aliphatic rings. The maximum atomic E-state index is 5.32. The second-order valence-corrected chi connectivity index (χ2v) is 2.73. The van der Waals surface area contributed by atoms with Crippen LogP contribution in [0.25, 0.3) is 0 Å². The monoisotopic (exact) mass is 161 g/mol. The lowest BCUT2D eigenvalue weighted by Crippen LogP contribution is -1.95. The fraction of sp³-hybridized carbons (Fsp3) is 0.182. The normalized spacial score (nSPS) is 9.75. The van der Waals surface area contributed by atoms with Gasteiger partial charge in [0.25, 0.3) is 0 Å². The predicted octanol–water partition coefficient (Wildman–Crippen LogP) is 2.59. The Bertz CT molecular complexity index is 238. The second kappa shape index (κ2) is 4.73. The van der Waals surface area contributed by atoms with Crippen molar-refractivity contribution in [2.24, 2.45) is 0 Å². The Morgan fingerprint density at radius 2 is 1.92 bits per heavy atom. The van der Waals surface area contributed by atoms with E-state index in [2.05, 4.69) is 13.5 Å². The van der Waals surface area contributed by atoms with Gasteiger partial charge in [-0.05, 0) is 12.5 Å². The first-order chi connectivity index (χ1) is 5.79. The molecule has 0 fully saturated rings. The van der Waals surface area contributed by atoms with Crippen LogP contribution in [0.4, 0.5) is 0 Å². The first kappa shape index (κ1) is 9.01. The van der Waals surface area contributed by atoms with Gasteiger partial charge >= 0.3 is 0 Å². The summed E-state index contributed by atoms with van der Waals surface area (Å²) in [7, 11) is 0. The summed E-state index contributed by atoms with van der Waals surface area (Å²) in [5.74, 6) is 0. The van der Waals surface area contributed by atoms with Gasteiger partial charge in [-0.15, -0.1) is 0 Å². The highest BCUT2D eigenvalue weighted by atomic mass is 16.5. The molecule has 1 aromatic carbocycles. The standard InChI is InChI=1S/C11H13O/c1-10(2)8-12-9-11-6-4-3-5-7-11/h3-7H,1-2,8-9H2. The first-order valence-electron chi connectivity index (χ1n) is 3.90. The third-order valence-electron chi connectivity index (χ3n) is 1.42. The van der Waals surface area contributed by atoms with Crippen molar-refractivity contribution in [1.29, 1.82) is 0 Å². The van der Waals surface area contributed by atoms with Crippen LogP contribution in [0.5, 0.6) is 0 Å². The van der Waals surface area contributed by atoms with E-state index in [0.29, 0.717) is 13.2 Å². The molecule has 0 heterocycles. The molecule has 0 aromatic heterocycles. The van der Waals surface area contributed by atoms with Crippen LogP contribution < -0.4 is 0 Å². The van der Waals surface area contributed by atoms with Crippen LogP contribution in [0.2, 0.25) is 0 Å². The van der Waals surface area contributed by atoms with Crippen LogP contribution in [-0.2, 0) is 11.3 Å². The van der Waals surface area contributed by atoms with Gasteiger partial charge < -0.3 is 4.74 Å². The summed E-state index contributed by atoms with van der Waals surface area (Å²) in [6.07, 6.45) is 0. The lowest BCUT2D eigenvalue weighted by Gasteiger charge is -2.02. The Hall–Kier alpha value is -1.08. The number of hydrogen-bond acceptors (Lipinski definition) is 1. The first-order valence-corrected chi connectivity index (χ1v) is 3.90. The van der Waals surface area contributed by atoms with E-state index < -0.39 is 0 Å². The summed E-state index contributed by atoms with van der Waals surface area (Å²) < 4.78 is 5.32. The van der Waals surface area contributed by atoms with Gasteiger partial charge in [-0.1, -0.05) is 42.5 Å². The minimum Gasteiger partial charge on any atom is -0.372 e. The molecule has 1 nitrogen and oxygen atoms in total. The maximum absolute atomic E-state index is 5.32. The minimum absolute atomic E-state index is 0.537. The zero-order valence-corrected chi connectivity index (χ0v) is 7.12. The van der Waals surface area contributed by atoms with Gasteiger partial charge in [-0.2, -0.15) is 0 Å². The second-order valence-electron chi connectivity index (χ2n) is 2.73. The molecule has 1 aromatic rings. The Labute approximate surface area is 73.7 Å². The molecule has 1 rings (SSSR count). The quantitative estimate of drug-likeness (QED) is 0.659. The van der Waals surface area contributed by atoms with Crippen molar-refractivity contribution in [3.63, 3.8) is 0 Å². The third kappa shape index (κ3) is 3.35. The summed E-state index contributed by atoms with van der Waals surface area (Å²) in [5.41, 5.74) is 1.99. The number of hydrogen-bond donors (Lipinski definition) is 0. The molecular weight excluding hydrogens is 148 g/mol. The van der Waals surface area contributed by atoms with Crippen LogP contribution in [0, 0.1) is 6.92 Å². The van der Waals surface area contributed by atoms with Gasteiger partial charge in [-0.3, -0.25) is 0 Å². The van der Waals surface area contributed by atoms with Gasteiger partial charge in [0.2, 0.25) is 0 Å². The van der Waals surface area contributed by atoms with E-state index in [9.17, 15) is 0 Å². The smallest absolute Gasteiger partial charge is 0.0721 e. The number of rotatable bonds is 4. The van der Waals surface area contributed by atoms with Gasteiger partial charge in [0.05, 0.1) is 13.2 Å². The third-order valence-corrected chi connectivity index (χ3v) is 1.42. The summed E-state index contributed by atoms with van der Waals surface area (Å²) in [6.45, 7) is 8.47. The lowest BCUT2D eigenvalue weighted by atomic mass is 10.2. The number of ether oxygens (including phenoxy) is 1.